The van der Waals surface area contributed by atoms with Crippen molar-refractivity contribution >= 4 is 6.29 Å². The topological polar surface area (TPSA) is 127 Å². The second-order valence-electron chi connectivity index (χ2n) is 11.6. The Morgan fingerprint density at radius 1 is 0.571 bits per heavy atom. The zero-order valence-electron chi connectivity index (χ0n) is 28.4. The van der Waals surface area contributed by atoms with Crippen LogP contribution in [0, 0.1) is 0 Å². The fourth-order valence-electron chi connectivity index (χ4n) is 4.89. The van der Waals surface area contributed by atoms with Crippen LogP contribution in [0.3, 0.4) is 0 Å². The lowest BCUT2D eigenvalue weighted by Crippen LogP contribution is -2.47. The summed E-state index contributed by atoms with van der Waals surface area (Å²) in [4.78, 5) is 15.7. The number of aliphatic hydroxyl groups excluding tert-OH is 3. The van der Waals surface area contributed by atoms with E-state index < -0.39 is 18.3 Å². The first-order valence-electron chi connectivity index (χ1n) is 16.8. The van der Waals surface area contributed by atoms with E-state index >= 15 is 0 Å². The predicted octanol–water partition coefficient (Wildman–Crippen LogP) is 5.55. The molecule has 0 aromatic heterocycles. The summed E-state index contributed by atoms with van der Waals surface area (Å²) < 4.78 is 19.6. The molecule has 49 heavy (non-hydrogen) atoms. The van der Waals surface area contributed by atoms with Crippen molar-refractivity contribution in [3.8, 4) is 0 Å². The third kappa shape index (κ3) is 15.1. The lowest BCUT2D eigenvalue weighted by molar-refractivity contribution is -0.159. The quantitative estimate of drug-likeness (QED) is 0.0512. The van der Waals surface area contributed by atoms with Crippen LogP contribution < -0.4 is 5.48 Å². The third-order valence-corrected chi connectivity index (χ3v) is 7.80. The minimum atomic E-state index is -1.48. The maximum Gasteiger partial charge on any atom is 0.151 e. The van der Waals surface area contributed by atoms with Gasteiger partial charge in [-0.3, -0.25) is 4.84 Å². The number of carbonyl (C=O) groups is 1. The van der Waals surface area contributed by atoms with Gasteiger partial charge in [-0.2, -0.15) is 5.48 Å². The monoisotopic (exact) mass is 673 g/mol. The first-order chi connectivity index (χ1) is 23.9. The van der Waals surface area contributed by atoms with E-state index in [1.807, 2.05) is 84.9 Å². The minimum Gasteiger partial charge on any atom is -0.390 e. The van der Waals surface area contributed by atoms with Gasteiger partial charge in [0.05, 0.1) is 45.2 Å². The lowest BCUT2D eigenvalue weighted by atomic mass is 10.0. The molecule has 0 unspecified atom stereocenters. The Morgan fingerprint density at radius 3 is 1.39 bits per heavy atom. The molecule has 264 valence electrons. The zero-order valence-corrected chi connectivity index (χ0v) is 28.4. The van der Waals surface area contributed by atoms with E-state index in [9.17, 15) is 4.79 Å². The van der Waals surface area contributed by atoms with Gasteiger partial charge in [-0.1, -0.05) is 135 Å². The van der Waals surface area contributed by atoms with Crippen LogP contribution in [0.15, 0.2) is 121 Å². The van der Waals surface area contributed by atoms with Crippen LogP contribution in [0.5, 0.6) is 0 Å². The average Bonchev–Trinajstić information content (AvgIpc) is 3.17. The molecule has 0 saturated carbocycles. The number of benzene rings is 4. The highest BCUT2D eigenvalue weighted by molar-refractivity contribution is 5.56. The molecule has 4 aromatic rings. The molecule has 0 saturated heterocycles. The second-order valence-corrected chi connectivity index (χ2v) is 11.6. The standard InChI is InChI=1S/C34H39NO4.C6H12O4/c1-2-32(36-24-28-15-7-3-8-16-28)34(38-26-30-19-11-5-12-20-30)33(37-25-29-17-9-4-10-18-29)23-35-39-27-31-21-13-6-14-22-31;1-2-4(8)6(10)5(9)3-7/h3-22,32-35H,2,23-27H2,1H3;3-6,8-10H,2H2,1H3/t32-,33-,34-;4-,5-,6-/m11/s1. The van der Waals surface area contributed by atoms with E-state index in [0.29, 0.717) is 39.4 Å². The molecular weight excluding hydrogens is 622 g/mol. The number of hydrogen-bond acceptors (Lipinski definition) is 9. The van der Waals surface area contributed by atoms with Crippen molar-refractivity contribution in [1.29, 1.82) is 0 Å². The van der Waals surface area contributed by atoms with Crippen molar-refractivity contribution < 1.29 is 39.2 Å². The van der Waals surface area contributed by atoms with E-state index in [4.69, 9.17) is 34.4 Å². The van der Waals surface area contributed by atoms with Gasteiger partial charge < -0.3 is 34.3 Å². The Balaban J connectivity index is 0.000000565. The Hall–Kier alpha value is -3.77. The van der Waals surface area contributed by atoms with E-state index in [2.05, 4.69) is 48.8 Å². The minimum absolute atomic E-state index is 0.175. The smallest absolute Gasteiger partial charge is 0.151 e. The summed E-state index contributed by atoms with van der Waals surface area (Å²) in [6.45, 7) is 6.12. The van der Waals surface area contributed by atoms with Crippen LogP contribution >= 0.6 is 0 Å². The van der Waals surface area contributed by atoms with Crippen molar-refractivity contribution in [2.75, 3.05) is 6.54 Å². The highest BCUT2D eigenvalue weighted by Crippen LogP contribution is 2.20. The fraction of sp³-hybridized carbons (Fsp3) is 0.375. The summed E-state index contributed by atoms with van der Waals surface area (Å²) in [7, 11) is 0. The van der Waals surface area contributed by atoms with Gasteiger partial charge in [-0.25, -0.2) is 0 Å². The molecule has 0 aliphatic carbocycles. The molecule has 0 amide bonds. The van der Waals surface area contributed by atoms with Gasteiger partial charge in [0.15, 0.2) is 6.29 Å². The maximum absolute atomic E-state index is 9.85. The van der Waals surface area contributed by atoms with E-state index in [1.54, 1.807) is 6.92 Å². The number of rotatable bonds is 21. The van der Waals surface area contributed by atoms with Gasteiger partial charge in [0.25, 0.3) is 0 Å². The molecule has 9 heteroatoms. The molecule has 0 fully saturated rings. The highest BCUT2D eigenvalue weighted by Gasteiger charge is 2.32. The normalized spacial score (nSPS) is 14.8. The van der Waals surface area contributed by atoms with Gasteiger partial charge in [0.1, 0.15) is 24.4 Å². The Kier molecular flexibility index (Phi) is 19.1. The number of nitrogens with one attached hydrogen (secondary N) is 1. The number of hydroxylamine groups is 1. The number of hydrogen-bond donors (Lipinski definition) is 4. The highest BCUT2D eigenvalue weighted by atomic mass is 16.6. The molecule has 0 aliphatic heterocycles. The van der Waals surface area contributed by atoms with Crippen LogP contribution in [-0.4, -0.2) is 64.8 Å². The average molecular weight is 674 g/mol. The number of ether oxygens (including phenoxy) is 3. The number of aliphatic hydroxyl groups is 3. The fourth-order valence-corrected chi connectivity index (χ4v) is 4.89. The Labute approximate surface area is 290 Å². The van der Waals surface area contributed by atoms with E-state index in [-0.39, 0.29) is 24.6 Å². The van der Waals surface area contributed by atoms with Crippen LogP contribution in [0.4, 0.5) is 0 Å². The van der Waals surface area contributed by atoms with Crippen LogP contribution in [-0.2, 0) is 50.3 Å². The van der Waals surface area contributed by atoms with Crippen molar-refractivity contribution in [2.45, 2.75) is 89.7 Å². The molecular formula is C40H51NO8. The third-order valence-electron chi connectivity index (χ3n) is 7.80. The Bertz CT molecular complexity index is 1380. The molecule has 6 atom stereocenters. The van der Waals surface area contributed by atoms with E-state index in [0.717, 1.165) is 28.7 Å². The van der Waals surface area contributed by atoms with Gasteiger partial charge >= 0.3 is 0 Å². The molecule has 9 nitrogen and oxygen atoms in total. The first kappa shape index (κ1) is 39.7. The maximum atomic E-state index is 9.85. The molecule has 0 aliphatic rings. The lowest BCUT2D eigenvalue weighted by Gasteiger charge is -2.33. The Morgan fingerprint density at radius 2 is 0.980 bits per heavy atom. The summed E-state index contributed by atoms with van der Waals surface area (Å²) in [6.07, 6.45) is -3.39. The van der Waals surface area contributed by atoms with Crippen molar-refractivity contribution in [2.24, 2.45) is 0 Å². The van der Waals surface area contributed by atoms with Crippen LogP contribution in [0.25, 0.3) is 0 Å². The summed E-state index contributed by atoms with van der Waals surface area (Å²) >= 11 is 0. The summed E-state index contributed by atoms with van der Waals surface area (Å²) in [5, 5.41) is 26.4. The van der Waals surface area contributed by atoms with Gasteiger partial charge in [0, 0.05) is 0 Å². The van der Waals surface area contributed by atoms with E-state index in [1.165, 1.54) is 0 Å². The van der Waals surface area contributed by atoms with Crippen molar-refractivity contribution in [3.05, 3.63) is 144 Å². The molecule has 4 N–H and O–H groups in total. The second kappa shape index (κ2) is 23.6. The molecule has 4 rings (SSSR count). The van der Waals surface area contributed by atoms with Gasteiger partial charge in [0.2, 0.25) is 0 Å². The summed E-state index contributed by atoms with van der Waals surface area (Å²) in [5.41, 5.74) is 7.58. The van der Waals surface area contributed by atoms with Crippen molar-refractivity contribution in [1.82, 2.24) is 5.48 Å². The largest absolute Gasteiger partial charge is 0.390 e. The van der Waals surface area contributed by atoms with Crippen molar-refractivity contribution in [3.63, 3.8) is 0 Å². The SMILES string of the molecule is CC[C@@H](O)[C@@H](O)[C@H](O)C=O.CC[C@@H](OCc1ccccc1)[C@@H](OCc1ccccc1)[C@@H](CNOCc1ccccc1)OCc1ccccc1. The molecule has 0 heterocycles. The summed E-state index contributed by atoms with van der Waals surface area (Å²) in [6, 6.07) is 40.7. The van der Waals surface area contributed by atoms with Gasteiger partial charge in [-0.15, -0.1) is 0 Å². The summed E-state index contributed by atoms with van der Waals surface area (Å²) in [5.74, 6) is 0. The molecule has 4 aromatic carbocycles. The number of carbonyl (C=O) groups excluding carboxylic acids is 1. The molecule has 0 bridgehead atoms. The molecule has 0 spiro atoms. The predicted molar refractivity (Wildman–Crippen MR) is 189 cm³/mol. The van der Waals surface area contributed by atoms with Crippen LogP contribution in [0.1, 0.15) is 48.9 Å². The first-order valence-corrected chi connectivity index (χ1v) is 16.8. The van der Waals surface area contributed by atoms with Crippen LogP contribution in [0.2, 0.25) is 0 Å². The number of aldehydes is 1. The zero-order chi connectivity index (χ0) is 35.1. The van der Waals surface area contributed by atoms with Gasteiger partial charge in [-0.05, 0) is 35.1 Å². The molecule has 0 radical (unpaired) electrons.